The largest absolute Gasteiger partial charge is 0.507 e. The minimum atomic E-state index is -1.35. The molecule has 1 aliphatic rings. The number of anilines is 1. The van der Waals surface area contributed by atoms with E-state index >= 15 is 0 Å². The van der Waals surface area contributed by atoms with Crippen LogP contribution < -0.4 is 4.90 Å². The maximum absolute atomic E-state index is 14.6. The van der Waals surface area contributed by atoms with Crippen molar-refractivity contribution >= 4 is 28.8 Å². The number of hydrogen-bond donors (Lipinski definition) is 1. The van der Waals surface area contributed by atoms with E-state index in [9.17, 15) is 33.6 Å². The number of carbonyl (C=O) groups excluding carboxylic acids is 2. The number of rotatable bonds is 4. The van der Waals surface area contributed by atoms with E-state index in [1.165, 1.54) is 42.7 Å². The van der Waals surface area contributed by atoms with Crippen LogP contribution in [0, 0.1) is 21.7 Å². The molecule has 10 heteroatoms. The number of nitro benzene ring substituents is 1. The lowest BCUT2D eigenvalue weighted by atomic mass is 9.96. The Kier molecular flexibility index (Phi) is 5.19. The van der Waals surface area contributed by atoms with Gasteiger partial charge in [0.05, 0.1) is 22.2 Å². The van der Waals surface area contributed by atoms with Crippen LogP contribution in [0.4, 0.5) is 20.2 Å². The van der Waals surface area contributed by atoms with E-state index in [0.29, 0.717) is 0 Å². The number of aliphatic hydroxyl groups excluding tert-OH is 1. The second-order valence-electron chi connectivity index (χ2n) is 6.86. The standard InChI is InChI=1S/C22H13F2N3O5/c23-14-6-7-16(24)17(10-14)26-19(13-4-2-8-25-11-13)18(21(29)22(26)30)20(28)12-3-1-5-15(9-12)27(31)32/h1-11,19,28H/b20-18-. The van der Waals surface area contributed by atoms with Crippen LogP contribution >= 0.6 is 0 Å². The maximum atomic E-state index is 14.6. The van der Waals surface area contributed by atoms with Gasteiger partial charge >= 0.3 is 0 Å². The number of pyridine rings is 1. The SMILES string of the molecule is O=C1C(=O)N(c2cc(F)ccc2F)C(c2cccnc2)/C1=C(/O)c1cccc([N+](=O)[O-])c1. The molecule has 3 aromatic rings. The molecule has 2 heterocycles. The summed E-state index contributed by atoms with van der Waals surface area (Å²) < 4.78 is 28.4. The van der Waals surface area contributed by atoms with Crippen molar-refractivity contribution in [1.82, 2.24) is 4.98 Å². The first kappa shape index (κ1) is 20.8. The van der Waals surface area contributed by atoms with Crippen molar-refractivity contribution in [1.29, 1.82) is 0 Å². The summed E-state index contributed by atoms with van der Waals surface area (Å²) in [5.41, 5.74) is -1.14. The van der Waals surface area contributed by atoms with Gasteiger partial charge in [-0.2, -0.15) is 0 Å². The number of carbonyl (C=O) groups is 2. The van der Waals surface area contributed by atoms with Gasteiger partial charge in [0, 0.05) is 36.2 Å². The third-order valence-electron chi connectivity index (χ3n) is 4.94. The zero-order valence-corrected chi connectivity index (χ0v) is 16.1. The van der Waals surface area contributed by atoms with Gasteiger partial charge in [-0.15, -0.1) is 0 Å². The summed E-state index contributed by atoms with van der Waals surface area (Å²) in [5, 5.41) is 22.0. The predicted molar refractivity (Wildman–Crippen MR) is 108 cm³/mol. The van der Waals surface area contributed by atoms with E-state index in [0.717, 1.165) is 29.2 Å². The molecule has 1 saturated heterocycles. The van der Waals surface area contributed by atoms with Crippen LogP contribution in [0.1, 0.15) is 17.2 Å². The van der Waals surface area contributed by atoms with Crippen LogP contribution in [0.25, 0.3) is 5.76 Å². The molecule has 1 fully saturated rings. The van der Waals surface area contributed by atoms with Crippen LogP contribution in [0.2, 0.25) is 0 Å². The molecule has 160 valence electrons. The van der Waals surface area contributed by atoms with Crippen molar-refractivity contribution in [3.8, 4) is 0 Å². The molecular formula is C22H13F2N3O5. The molecule has 4 rings (SSSR count). The molecule has 0 saturated carbocycles. The number of non-ortho nitro benzene ring substituents is 1. The topological polar surface area (TPSA) is 114 Å². The average Bonchev–Trinajstić information content (AvgIpc) is 3.06. The van der Waals surface area contributed by atoms with Gasteiger partial charge in [0.15, 0.2) is 0 Å². The summed E-state index contributed by atoms with van der Waals surface area (Å²) in [6.07, 6.45) is 2.74. The Morgan fingerprint density at radius 3 is 2.56 bits per heavy atom. The Hall–Kier alpha value is -4.47. The molecule has 1 atom stereocenters. The molecule has 1 amide bonds. The fraction of sp³-hybridized carbons (Fsp3) is 0.0455. The minimum Gasteiger partial charge on any atom is -0.507 e. The molecule has 0 radical (unpaired) electrons. The fourth-order valence-corrected chi connectivity index (χ4v) is 3.53. The zero-order chi connectivity index (χ0) is 23.0. The Bertz CT molecular complexity index is 1290. The molecular weight excluding hydrogens is 424 g/mol. The van der Waals surface area contributed by atoms with Crippen molar-refractivity contribution in [2.24, 2.45) is 0 Å². The molecule has 1 unspecified atom stereocenters. The average molecular weight is 437 g/mol. The fourth-order valence-electron chi connectivity index (χ4n) is 3.53. The molecule has 0 spiro atoms. The van der Waals surface area contributed by atoms with E-state index in [1.54, 1.807) is 0 Å². The first-order valence-corrected chi connectivity index (χ1v) is 9.20. The van der Waals surface area contributed by atoms with Crippen molar-refractivity contribution in [2.75, 3.05) is 4.90 Å². The lowest BCUT2D eigenvalue weighted by molar-refractivity contribution is -0.384. The number of halogens is 2. The zero-order valence-electron chi connectivity index (χ0n) is 16.1. The highest BCUT2D eigenvalue weighted by Gasteiger charge is 2.48. The predicted octanol–water partition coefficient (Wildman–Crippen LogP) is 3.89. The molecule has 1 aliphatic heterocycles. The second kappa shape index (κ2) is 7.99. The molecule has 1 N–H and O–H groups in total. The number of amides is 1. The van der Waals surface area contributed by atoms with Crippen molar-refractivity contribution < 1.29 is 28.4 Å². The Morgan fingerprint density at radius 2 is 1.88 bits per heavy atom. The third kappa shape index (κ3) is 3.47. The van der Waals surface area contributed by atoms with Crippen LogP contribution in [-0.4, -0.2) is 26.7 Å². The Morgan fingerprint density at radius 1 is 1.09 bits per heavy atom. The molecule has 0 bridgehead atoms. The monoisotopic (exact) mass is 437 g/mol. The molecule has 32 heavy (non-hydrogen) atoms. The van der Waals surface area contributed by atoms with E-state index in [-0.39, 0.29) is 16.8 Å². The van der Waals surface area contributed by atoms with Crippen LogP contribution in [0.5, 0.6) is 0 Å². The van der Waals surface area contributed by atoms with E-state index in [1.807, 2.05) is 0 Å². The summed E-state index contributed by atoms with van der Waals surface area (Å²) in [6, 6.07) is 8.92. The van der Waals surface area contributed by atoms with Gasteiger partial charge < -0.3 is 5.11 Å². The molecule has 8 nitrogen and oxygen atoms in total. The normalized spacial score (nSPS) is 17.6. The number of hydrogen-bond acceptors (Lipinski definition) is 6. The lowest BCUT2D eigenvalue weighted by Gasteiger charge is -2.25. The Labute approximate surface area is 179 Å². The highest BCUT2D eigenvalue weighted by Crippen LogP contribution is 2.43. The van der Waals surface area contributed by atoms with Crippen LogP contribution in [0.3, 0.4) is 0 Å². The number of aromatic nitrogens is 1. The number of aliphatic hydroxyl groups is 1. The highest BCUT2D eigenvalue weighted by atomic mass is 19.1. The quantitative estimate of drug-likeness (QED) is 0.218. The number of nitro groups is 1. The molecule has 2 aromatic carbocycles. The number of Topliss-reactive ketones (excluding diaryl/α,β-unsaturated/α-hetero) is 1. The van der Waals surface area contributed by atoms with Gasteiger partial charge in [-0.05, 0) is 23.8 Å². The van der Waals surface area contributed by atoms with E-state index in [4.69, 9.17) is 0 Å². The van der Waals surface area contributed by atoms with Gasteiger partial charge in [-0.1, -0.05) is 18.2 Å². The van der Waals surface area contributed by atoms with Crippen LogP contribution in [0.15, 0.2) is 72.6 Å². The van der Waals surface area contributed by atoms with Gasteiger partial charge in [0.2, 0.25) is 0 Å². The molecule has 1 aromatic heterocycles. The maximum Gasteiger partial charge on any atom is 0.300 e. The smallest absolute Gasteiger partial charge is 0.300 e. The van der Waals surface area contributed by atoms with Gasteiger partial charge in [0.1, 0.15) is 17.4 Å². The number of nitrogens with zero attached hydrogens (tertiary/aromatic N) is 3. The van der Waals surface area contributed by atoms with Gasteiger partial charge in [-0.3, -0.25) is 29.6 Å². The lowest BCUT2D eigenvalue weighted by Crippen LogP contribution is -2.30. The van der Waals surface area contributed by atoms with Gasteiger partial charge in [-0.25, -0.2) is 8.78 Å². The summed E-state index contributed by atoms with van der Waals surface area (Å²) in [7, 11) is 0. The first-order valence-electron chi connectivity index (χ1n) is 9.20. The summed E-state index contributed by atoms with van der Waals surface area (Å²) >= 11 is 0. The van der Waals surface area contributed by atoms with Crippen LogP contribution in [-0.2, 0) is 9.59 Å². The highest BCUT2D eigenvalue weighted by molar-refractivity contribution is 6.51. The first-order chi connectivity index (χ1) is 15.3. The third-order valence-corrected chi connectivity index (χ3v) is 4.94. The number of benzene rings is 2. The van der Waals surface area contributed by atoms with Crippen molar-refractivity contribution in [3.05, 3.63) is 105 Å². The summed E-state index contributed by atoms with van der Waals surface area (Å²) in [6.45, 7) is 0. The Balaban J connectivity index is 1.97. The van der Waals surface area contributed by atoms with E-state index < -0.39 is 51.3 Å². The van der Waals surface area contributed by atoms with E-state index in [2.05, 4.69) is 4.98 Å². The summed E-state index contributed by atoms with van der Waals surface area (Å²) in [4.78, 5) is 40.9. The minimum absolute atomic E-state index is 0.0918. The number of ketones is 1. The van der Waals surface area contributed by atoms with Gasteiger partial charge in [0.25, 0.3) is 17.4 Å². The summed E-state index contributed by atoms with van der Waals surface area (Å²) in [5.74, 6) is -4.86. The van der Waals surface area contributed by atoms with Crippen molar-refractivity contribution in [2.45, 2.75) is 6.04 Å². The second-order valence-corrected chi connectivity index (χ2v) is 6.86. The van der Waals surface area contributed by atoms with Crippen molar-refractivity contribution in [3.63, 3.8) is 0 Å². The molecule has 0 aliphatic carbocycles.